The number of nitrogens with zero attached hydrogens (tertiary/aromatic N) is 4. The molecule has 0 saturated heterocycles. The van der Waals surface area contributed by atoms with Gasteiger partial charge in [-0.1, -0.05) is 17.7 Å². The van der Waals surface area contributed by atoms with E-state index in [1.165, 1.54) is 36.4 Å². The average Bonchev–Trinajstić information content (AvgIpc) is 3.05. The number of halogens is 1. The SMILES string of the molecule is O=[N+]([O-])c1cccc(-c2nnc(Sc3ccc([N+](=O)[O-])cc3Cl)o2)c1. The van der Waals surface area contributed by atoms with Gasteiger partial charge in [0.05, 0.1) is 14.9 Å². The molecule has 11 heteroatoms. The summed E-state index contributed by atoms with van der Waals surface area (Å²) in [7, 11) is 0. The Hall–Kier alpha value is -2.98. The summed E-state index contributed by atoms with van der Waals surface area (Å²) >= 11 is 7.04. The van der Waals surface area contributed by atoms with Gasteiger partial charge in [-0.15, -0.1) is 10.2 Å². The molecule has 25 heavy (non-hydrogen) atoms. The molecule has 0 fully saturated rings. The summed E-state index contributed by atoms with van der Waals surface area (Å²) in [5.74, 6) is 0.115. The molecule has 126 valence electrons. The number of rotatable bonds is 5. The molecule has 0 radical (unpaired) electrons. The van der Waals surface area contributed by atoms with Crippen LogP contribution in [0.4, 0.5) is 11.4 Å². The molecule has 1 heterocycles. The standard InChI is InChI=1S/C14H7ClN4O5S/c15-11-7-10(19(22)23)4-5-12(11)25-14-17-16-13(24-14)8-2-1-3-9(6-8)18(20)21/h1-7H. The van der Waals surface area contributed by atoms with Crippen LogP contribution in [-0.2, 0) is 0 Å². The number of nitro benzene ring substituents is 2. The van der Waals surface area contributed by atoms with E-state index in [0.29, 0.717) is 10.5 Å². The molecule has 9 nitrogen and oxygen atoms in total. The highest BCUT2D eigenvalue weighted by atomic mass is 35.5. The lowest BCUT2D eigenvalue weighted by atomic mass is 10.2. The second-order valence-electron chi connectivity index (χ2n) is 4.65. The van der Waals surface area contributed by atoms with Crippen molar-refractivity contribution in [1.29, 1.82) is 0 Å². The fourth-order valence-corrected chi connectivity index (χ4v) is 2.87. The van der Waals surface area contributed by atoms with E-state index in [1.807, 2.05) is 0 Å². The van der Waals surface area contributed by atoms with Gasteiger partial charge in [-0.05, 0) is 23.9 Å². The van der Waals surface area contributed by atoms with Crippen LogP contribution in [0.25, 0.3) is 11.5 Å². The molecule has 0 aliphatic heterocycles. The summed E-state index contributed by atoms with van der Waals surface area (Å²) in [4.78, 5) is 21.0. The third-order valence-electron chi connectivity index (χ3n) is 3.03. The van der Waals surface area contributed by atoms with Gasteiger partial charge in [0.2, 0.25) is 5.89 Å². The number of non-ortho nitro benzene ring substituents is 2. The van der Waals surface area contributed by atoms with Crippen molar-refractivity contribution < 1.29 is 14.3 Å². The zero-order valence-corrected chi connectivity index (χ0v) is 13.7. The first-order valence-corrected chi connectivity index (χ1v) is 7.83. The Kier molecular flexibility index (Phi) is 4.63. The van der Waals surface area contributed by atoms with Crippen LogP contribution in [0.5, 0.6) is 0 Å². The highest BCUT2D eigenvalue weighted by Crippen LogP contribution is 2.35. The van der Waals surface area contributed by atoms with Gasteiger partial charge in [-0.2, -0.15) is 0 Å². The van der Waals surface area contributed by atoms with Gasteiger partial charge < -0.3 is 4.42 Å². The van der Waals surface area contributed by atoms with E-state index >= 15 is 0 Å². The maximum absolute atomic E-state index is 10.8. The second-order valence-corrected chi connectivity index (χ2v) is 6.05. The molecule has 0 spiro atoms. The number of benzene rings is 2. The van der Waals surface area contributed by atoms with E-state index in [1.54, 1.807) is 6.07 Å². The molecule has 0 aliphatic carbocycles. The van der Waals surface area contributed by atoms with Gasteiger partial charge in [0.15, 0.2) is 0 Å². The summed E-state index contributed by atoms with van der Waals surface area (Å²) in [6.45, 7) is 0. The molecule has 0 saturated carbocycles. The number of hydrogen-bond acceptors (Lipinski definition) is 8. The van der Waals surface area contributed by atoms with Gasteiger partial charge in [0.1, 0.15) is 0 Å². The quantitative estimate of drug-likeness (QED) is 0.473. The minimum absolute atomic E-state index is 0.0942. The molecule has 3 aromatic rings. The molecule has 0 bridgehead atoms. The van der Waals surface area contributed by atoms with E-state index in [4.69, 9.17) is 16.0 Å². The summed E-state index contributed by atoms with van der Waals surface area (Å²) in [5, 5.41) is 29.5. The number of hydrogen-bond donors (Lipinski definition) is 0. The zero-order valence-electron chi connectivity index (χ0n) is 12.2. The average molecular weight is 379 g/mol. The Morgan fingerprint density at radius 3 is 2.40 bits per heavy atom. The predicted octanol–water partition coefficient (Wildman–Crippen LogP) is 4.36. The van der Waals surface area contributed by atoms with Gasteiger partial charge in [-0.3, -0.25) is 20.2 Å². The van der Waals surface area contributed by atoms with Gasteiger partial charge in [0.25, 0.3) is 16.6 Å². The van der Waals surface area contributed by atoms with Crippen LogP contribution in [0.3, 0.4) is 0 Å². The smallest absolute Gasteiger partial charge is 0.281 e. The van der Waals surface area contributed by atoms with Crippen molar-refractivity contribution in [2.75, 3.05) is 0 Å². The third kappa shape index (κ3) is 3.75. The minimum atomic E-state index is -0.548. The maximum Gasteiger partial charge on any atom is 0.281 e. The Morgan fingerprint density at radius 1 is 1.00 bits per heavy atom. The highest BCUT2D eigenvalue weighted by molar-refractivity contribution is 7.99. The molecule has 0 atom stereocenters. The van der Waals surface area contributed by atoms with Gasteiger partial charge >= 0.3 is 0 Å². The number of nitro groups is 2. The summed E-state index contributed by atoms with van der Waals surface area (Å²) in [6.07, 6.45) is 0. The molecule has 3 rings (SSSR count). The minimum Gasteiger partial charge on any atom is -0.411 e. The maximum atomic E-state index is 10.8. The first-order chi connectivity index (χ1) is 11.9. The van der Waals surface area contributed by atoms with E-state index in [2.05, 4.69) is 10.2 Å². The summed E-state index contributed by atoms with van der Waals surface area (Å²) in [6, 6.07) is 9.80. The Balaban J connectivity index is 1.84. The van der Waals surface area contributed by atoms with Crippen LogP contribution in [0, 0.1) is 20.2 Å². The fourth-order valence-electron chi connectivity index (χ4n) is 1.90. The van der Waals surface area contributed by atoms with E-state index in [-0.39, 0.29) is 27.5 Å². The van der Waals surface area contributed by atoms with Crippen LogP contribution in [0.15, 0.2) is 57.0 Å². The molecular formula is C14H7ClN4O5S. The van der Waals surface area contributed by atoms with Crippen molar-refractivity contribution in [3.05, 3.63) is 67.7 Å². The molecular weight excluding hydrogens is 372 g/mol. The Bertz CT molecular complexity index is 977. The van der Waals surface area contributed by atoms with Crippen molar-refractivity contribution in [2.24, 2.45) is 0 Å². The summed E-state index contributed by atoms with van der Waals surface area (Å²) in [5.41, 5.74) is 0.184. The molecule has 0 amide bonds. The number of aromatic nitrogens is 2. The van der Waals surface area contributed by atoms with Gasteiger partial charge in [-0.25, -0.2) is 0 Å². The van der Waals surface area contributed by atoms with E-state index in [0.717, 1.165) is 11.8 Å². The lowest BCUT2D eigenvalue weighted by molar-refractivity contribution is -0.385. The first kappa shape index (κ1) is 16.9. The molecule has 2 aromatic carbocycles. The highest BCUT2D eigenvalue weighted by Gasteiger charge is 2.16. The zero-order chi connectivity index (χ0) is 18.0. The van der Waals surface area contributed by atoms with Crippen molar-refractivity contribution in [1.82, 2.24) is 10.2 Å². The van der Waals surface area contributed by atoms with Crippen molar-refractivity contribution >= 4 is 34.7 Å². The van der Waals surface area contributed by atoms with Crippen LogP contribution in [-0.4, -0.2) is 20.0 Å². The molecule has 1 aromatic heterocycles. The normalized spacial score (nSPS) is 10.6. The Morgan fingerprint density at radius 2 is 1.72 bits per heavy atom. The van der Waals surface area contributed by atoms with E-state index < -0.39 is 9.85 Å². The first-order valence-electron chi connectivity index (χ1n) is 6.64. The lowest BCUT2D eigenvalue weighted by Crippen LogP contribution is -1.88. The van der Waals surface area contributed by atoms with Crippen molar-refractivity contribution in [3.8, 4) is 11.5 Å². The lowest BCUT2D eigenvalue weighted by Gasteiger charge is -2.00. The topological polar surface area (TPSA) is 125 Å². The van der Waals surface area contributed by atoms with Gasteiger partial charge in [0, 0.05) is 34.7 Å². The largest absolute Gasteiger partial charge is 0.411 e. The van der Waals surface area contributed by atoms with Crippen molar-refractivity contribution in [2.45, 2.75) is 10.1 Å². The van der Waals surface area contributed by atoms with Crippen molar-refractivity contribution in [3.63, 3.8) is 0 Å². The van der Waals surface area contributed by atoms with Crippen LogP contribution in [0.2, 0.25) is 5.02 Å². The molecule has 0 unspecified atom stereocenters. The second kappa shape index (κ2) is 6.87. The van der Waals surface area contributed by atoms with Crippen LogP contribution >= 0.6 is 23.4 Å². The van der Waals surface area contributed by atoms with Crippen LogP contribution in [0.1, 0.15) is 0 Å². The van der Waals surface area contributed by atoms with Crippen LogP contribution < -0.4 is 0 Å². The fraction of sp³-hybridized carbons (Fsp3) is 0. The predicted molar refractivity (Wildman–Crippen MR) is 88.6 cm³/mol. The summed E-state index contributed by atoms with van der Waals surface area (Å²) < 4.78 is 5.47. The monoisotopic (exact) mass is 378 g/mol. The van der Waals surface area contributed by atoms with E-state index in [9.17, 15) is 20.2 Å². The molecule has 0 N–H and O–H groups in total. The molecule has 0 aliphatic rings. The third-order valence-corrected chi connectivity index (χ3v) is 4.37. The Labute approximate surface area is 148 Å².